The van der Waals surface area contributed by atoms with Gasteiger partial charge in [-0.2, -0.15) is 0 Å². The van der Waals surface area contributed by atoms with Crippen molar-refractivity contribution in [2.45, 2.75) is 39.8 Å². The largest absolute Gasteiger partial charge is 0.495 e. The molecule has 8 nitrogen and oxygen atoms in total. The molecule has 0 heterocycles. The molecule has 0 bridgehead atoms. The average molecular weight is 600 g/mol. The van der Waals surface area contributed by atoms with Crippen LogP contribution in [-0.4, -0.2) is 57.6 Å². The standard InChI is InChI=1S/C31H38ClN3O5S/c1-22(2)19-33-31(37)28(17-24-11-7-6-8-12-24)34(20-25-13-9-10-23(3)16-25)30(36)21-35(41(5,38)39)27-18-26(32)14-15-29(27)40-4/h6-16,18,22,28H,17,19-21H2,1-5H3,(H,33,37)/t28-/m0/s1. The minimum atomic E-state index is -3.96. The molecule has 3 aromatic rings. The van der Waals surface area contributed by atoms with Crippen molar-refractivity contribution in [2.75, 3.05) is 30.8 Å². The zero-order valence-corrected chi connectivity index (χ0v) is 25.7. The van der Waals surface area contributed by atoms with Crippen LogP contribution in [0.4, 0.5) is 5.69 Å². The number of nitrogens with zero attached hydrogens (tertiary/aromatic N) is 2. The van der Waals surface area contributed by atoms with Gasteiger partial charge in [-0.05, 0) is 42.2 Å². The molecule has 0 aromatic heterocycles. The van der Waals surface area contributed by atoms with Gasteiger partial charge in [-0.3, -0.25) is 13.9 Å². The predicted molar refractivity (Wildman–Crippen MR) is 164 cm³/mol. The van der Waals surface area contributed by atoms with E-state index in [4.69, 9.17) is 16.3 Å². The van der Waals surface area contributed by atoms with Gasteiger partial charge in [0.2, 0.25) is 21.8 Å². The van der Waals surface area contributed by atoms with Gasteiger partial charge in [0.05, 0.1) is 19.1 Å². The van der Waals surface area contributed by atoms with Crippen LogP contribution in [0.15, 0.2) is 72.8 Å². The molecule has 1 N–H and O–H groups in total. The highest BCUT2D eigenvalue weighted by atomic mass is 35.5. The third-order valence-electron chi connectivity index (χ3n) is 6.48. The smallest absolute Gasteiger partial charge is 0.244 e. The van der Waals surface area contributed by atoms with Crippen LogP contribution in [0, 0.1) is 12.8 Å². The lowest BCUT2D eigenvalue weighted by Crippen LogP contribution is -2.53. The Hall–Kier alpha value is -3.56. The van der Waals surface area contributed by atoms with E-state index >= 15 is 0 Å². The van der Waals surface area contributed by atoms with Crippen LogP contribution in [-0.2, 0) is 32.6 Å². The topological polar surface area (TPSA) is 96.0 Å². The summed E-state index contributed by atoms with van der Waals surface area (Å²) in [5.41, 5.74) is 2.82. The second-order valence-corrected chi connectivity index (χ2v) is 12.8. The predicted octanol–water partition coefficient (Wildman–Crippen LogP) is 4.84. The normalized spacial score (nSPS) is 12.1. The van der Waals surface area contributed by atoms with Crippen LogP contribution >= 0.6 is 11.6 Å². The lowest BCUT2D eigenvalue weighted by molar-refractivity contribution is -0.140. The number of anilines is 1. The summed E-state index contributed by atoms with van der Waals surface area (Å²) in [6, 6.07) is 20.8. The van der Waals surface area contributed by atoms with Crippen molar-refractivity contribution < 1.29 is 22.7 Å². The number of sulfonamides is 1. The summed E-state index contributed by atoms with van der Waals surface area (Å²) in [5.74, 6) is -0.406. The number of nitrogens with one attached hydrogen (secondary N) is 1. The molecular weight excluding hydrogens is 562 g/mol. The van der Waals surface area contributed by atoms with Gasteiger partial charge in [-0.25, -0.2) is 8.42 Å². The van der Waals surface area contributed by atoms with E-state index < -0.39 is 28.5 Å². The minimum absolute atomic E-state index is 0.109. The first kappa shape index (κ1) is 32.0. The Kier molecular flexibility index (Phi) is 11.2. The van der Waals surface area contributed by atoms with Crippen molar-refractivity contribution in [3.8, 4) is 5.75 Å². The van der Waals surface area contributed by atoms with E-state index in [-0.39, 0.29) is 41.3 Å². The lowest BCUT2D eigenvalue weighted by Gasteiger charge is -2.34. The first-order valence-corrected chi connectivity index (χ1v) is 15.6. The Morgan fingerprint density at radius 1 is 0.976 bits per heavy atom. The Balaban J connectivity index is 2.09. The van der Waals surface area contributed by atoms with E-state index in [1.165, 1.54) is 18.1 Å². The molecule has 3 rings (SSSR count). The highest BCUT2D eigenvalue weighted by Crippen LogP contribution is 2.33. The monoisotopic (exact) mass is 599 g/mol. The summed E-state index contributed by atoms with van der Waals surface area (Å²) in [6.07, 6.45) is 1.27. The molecule has 0 aliphatic carbocycles. The van der Waals surface area contributed by atoms with Gasteiger partial charge in [0.25, 0.3) is 0 Å². The fraction of sp³-hybridized carbons (Fsp3) is 0.355. The number of carbonyl (C=O) groups is 2. The number of benzene rings is 3. The lowest BCUT2D eigenvalue weighted by atomic mass is 10.0. The summed E-state index contributed by atoms with van der Waals surface area (Å²) in [5, 5.41) is 3.26. The molecule has 3 aromatic carbocycles. The number of hydrogen-bond donors (Lipinski definition) is 1. The highest BCUT2D eigenvalue weighted by Gasteiger charge is 2.33. The molecule has 0 radical (unpaired) electrons. The van der Waals surface area contributed by atoms with Crippen LogP contribution in [0.25, 0.3) is 0 Å². The van der Waals surface area contributed by atoms with E-state index in [0.717, 1.165) is 27.3 Å². The van der Waals surface area contributed by atoms with Crippen LogP contribution < -0.4 is 14.4 Å². The van der Waals surface area contributed by atoms with Crippen LogP contribution in [0.5, 0.6) is 5.75 Å². The van der Waals surface area contributed by atoms with Gasteiger partial charge < -0.3 is 15.0 Å². The number of rotatable bonds is 13. The Morgan fingerprint density at radius 3 is 2.27 bits per heavy atom. The molecular formula is C31H38ClN3O5S. The van der Waals surface area contributed by atoms with Gasteiger partial charge in [0, 0.05) is 24.5 Å². The molecule has 0 fully saturated rings. The van der Waals surface area contributed by atoms with Crippen LogP contribution in [0.2, 0.25) is 5.02 Å². The number of amides is 2. The Bertz CT molecular complexity index is 1450. The number of methoxy groups -OCH3 is 1. The van der Waals surface area contributed by atoms with Crippen molar-refractivity contribution in [1.82, 2.24) is 10.2 Å². The summed E-state index contributed by atoms with van der Waals surface area (Å²) in [6.45, 7) is 5.92. The maximum atomic E-state index is 14.2. The fourth-order valence-electron chi connectivity index (χ4n) is 4.44. The SMILES string of the molecule is COc1ccc(Cl)cc1N(CC(=O)N(Cc1cccc(C)c1)[C@@H](Cc1ccccc1)C(=O)NCC(C)C)S(C)(=O)=O. The number of halogens is 1. The van der Waals surface area contributed by atoms with Gasteiger partial charge >= 0.3 is 0 Å². The zero-order chi connectivity index (χ0) is 30.2. The molecule has 0 aliphatic rings. The molecule has 1 atom stereocenters. The quantitative estimate of drug-likeness (QED) is 0.303. The maximum Gasteiger partial charge on any atom is 0.244 e. The fourth-order valence-corrected chi connectivity index (χ4v) is 5.45. The molecule has 0 spiro atoms. The summed E-state index contributed by atoms with van der Waals surface area (Å²) in [7, 11) is -2.54. The summed E-state index contributed by atoms with van der Waals surface area (Å²) in [4.78, 5) is 29.3. The van der Waals surface area contributed by atoms with Crippen molar-refractivity contribution >= 4 is 39.1 Å². The summed E-state index contributed by atoms with van der Waals surface area (Å²) >= 11 is 6.21. The van der Waals surface area contributed by atoms with Crippen molar-refractivity contribution in [1.29, 1.82) is 0 Å². The highest BCUT2D eigenvalue weighted by molar-refractivity contribution is 7.92. The van der Waals surface area contributed by atoms with Gasteiger partial charge in [-0.1, -0.05) is 85.6 Å². The van der Waals surface area contributed by atoms with Crippen molar-refractivity contribution in [3.63, 3.8) is 0 Å². The second kappa shape index (κ2) is 14.4. The summed E-state index contributed by atoms with van der Waals surface area (Å²) < 4.78 is 32.4. The zero-order valence-electron chi connectivity index (χ0n) is 24.1. The van der Waals surface area contributed by atoms with Gasteiger partial charge in [-0.15, -0.1) is 0 Å². The third kappa shape index (κ3) is 9.23. The molecule has 0 unspecified atom stereocenters. The first-order valence-electron chi connectivity index (χ1n) is 13.4. The Labute approximate surface area is 248 Å². The van der Waals surface area contributed by atoms with Gasteiger partial charge in [0.1, 0.15) is 18.3 Å². The molecule has 220 valence electrons. The van der Waals surface area contributed by atoms with Gasteiger partial charge in [0.15, 0.2) is 0 Å². The molecule has 0 aliphatic heterocycles. The maximum absolute atomic E-state index is 14.2. The molecule has 10 heteroatoms. The van der Waals surface area contributed by atoms with E-state index in [1.54, 1.807) is 12.1 Å². The van der Waals surface area contributed by atoms with Crippen LogP contribution in [0.3, 0.4) is 0 Å². The van der Waals surface area contributed by atoms with Crippen molar-refractivity contribution in [2.24, 2.45) is 5.92 Å². The number of hydrogen-bond acceptors (Lipinski definition) is 5. The number of ether oxygens (including phenoxy) is 1. The van der Waals surface area contributed by atoms with E-state index in [9.17, 15) is 18.0 Å². The molecule has 41 heavy (non-hydrogen) atoms. The van der Waals surface area contributed by atoms with Crippen molar-refractivity contribution in [3.05, 3.63) is 94.5 Å². The Morgan fingerprint density at radius 2 is 1.66 bits per heavy atom. The number of carbonyl (C=O) groups excluding carboxylic acids is 2. The third-order valence-corrected chi connectivity index (χ3v) is 7.84. The van der Waals surface area contributed by atoms with Crippen LogP contribution in [0.1, 0.15) is 30.5 Å². The molecule has 0 saturated carbocycles. The van der Waals surface area contributed by atoms with E-state index in [0.29, 0.717) is 6.54 Å². The average Bonchev–Trinajstić information content (AvgIpc) is 2.92. The van der Waals surface area contributed by atoms with E-state index in [1.807, 2.05) is 75.4 Å². The molecule has 0 saturated heterocycles. The first-order chi connectivity index (χ1) is 19.4. The van der Waals surface area contributed by atoms with E-state index in [2.05, 4.69) is 5.32 Å². The minimum Gasteiger partial charge on any atom is -0.495 e. The molecule has 2 amide bonds. The number of aryl methyl sites for hydroxylation is 1. The second-order valence-electron chi connectivity index (χ2n) is 10.4.